The highest BCUT2D eigenvalue weighted by atomic mass is 14.0. The Hall–Kier alpha value is -0.440. The molecule has 0 atom stereocenters. The third kappa shape index (κ3) is 23.6. The lowest BCUT2D eigenvalue weighted by atomic mass is 10.0. The molecule has 0 heterocycles. The monoisotopic (exact) mass is 360 g/mol. The van der Waals surface area contributed by atoms with Gasteiger partial charge in [-0.1, -0.05) is 129 Å². The van der Waals surface area contributed by atoms with E-state index in [0.717, 1.165) is 25.7 Å². The van der Waals surface area contributed by atoms with Crippen LogP contribution in [0.25, 0.3) is 0 Å². The molecule has 0 aromatic rings. The van der Waals surface area contributed by atoms with Crippen LogP contribution in [0.2, 0.25) is 0 Å². The SMILES string of the molecule is [CH2]CCCCCC#CCCCCCCCCCCCCCCCCC[CH2]. The van der Waals surface area contributed by atoms with E-state index in [1.165, 1.54) is 116 Å². The second-order valence-electron chi connectivity index (χ2n) is 7.92. The lowest BCUT2D eigenvalue weighted by Crippen LogP contribution is -1.83. The molecule has 0 fully saturated rings. The molecule has 0 aliphatic heterocycles. The molecule has 26 heavy (non-hydrogen) atoms. The van der Waals surface area contributed by atoms with Crippen molar-refractivity contribution in [2.24, 2.45) is 0 Å². The van der Waals surface area contributed by atoms with Crippen LogP contribution in [0.5, 0.6) is 0 Å². The Balaban J connectivity index is 3.04. The van der Waals surface area contributed by atoms with Crippen LogP contribution < -0.4 is 0 Å². The summed E-state index contributed by atoms with van der Waals surface area (Å²) in [6.45, 7) is 7.78. The topological polar surface area (TPSA) is 0 Å². The average molecular weight is 361 g/mol. The van der Waals surface area contributed by atoms with Crippen molar-refractivity contribution in [1.29, 1.82) is 0 Å². The standard InChI is InChI=1S/C26H48/c1-3-5-7-9-11-13-15-17-19-21-23-25-26-24-22-20-18-16-14-12-10-8-6-4-2/h1-13,15,17-26H2. The lowest BCUT2D eigenvalue weighted by molar-refractivity contribution is 0.531. The van der Waals surface area contributed by atoms with Crippen LogP contribution in [0.15, 0.2) is 0 Å². The van der Waals surface area contributed by atoms with E-state index in [1.54, 1.807) is 0 Å². The normalized spacial score (nSPS) is 10.7. The third-order valence-electron chi connectivity index (χ3n) is 5.23. The summed E-state index contributed by atoms with van der Waals surface area (Å²) in [6.07, 6.45) is 29.6. The van der Waals surface area contributed by atoms with Crippen molar-refractivity contribution in [3.05, 3.63) is 13.8 Å². The minimum absolute atomic E-state index is 1.07. The molecule has 0 aliphatic rings. The minimum Gasteiger partial charge on any atom is -0.103 e. The highest BCUT2D eigenvalue weighted by molar-refractivity contribution is 4.98. The average Bonchev–Trinajstić information content (AvgIpc) is 2.66. The summed E-state index contributed by atoms with van der Waals surface area (Å²) in [6, 6.07) is 0. The molecule has 0 aromatic heterocycles. The fourth-order valence-corrected chi connectivity index (χ4v) is 3.43. The van der Waals surface area contributed by atoms with Crippen LogP contribution in [0.3, 0.4) is 0 Å². The van der Waals surface area contributed by atoms with E-state index in [2.05, 4.69) is 25.7 Å². The van der Waals surface area contributed by atoms with E-state index in [9.17, 15) is 0 Å². The van der Waals surface area contributed by atoms with Gasteiger partial charge in [0.15, 0.2) is 0 Å². The molecular formula is C26H48. The zero-order valence-corrected chi connectivity index (χ0v) is 18.0. The van der Waals surface area contributed by atoms with Gasteiger partial charge in [0.1, 0.15) is 0 Å². The van der Waals surface area contributed by atoms with Gasteiger partial charge in [-0.15, -0.1) is 11.8 Å². The molecule has 0 spiro atoms. The molecule has 0 unspecified atom stereocenters. The van der Waals surface area contributed by atoms with Crippen molar-refractivity contribution in [3.8, 4) is 11.8 Å². The van der Waals surface area contributed by atoms with Crippen LogP contribution in [0.1, 0.15) is 141 Å². The minimum atomic E-state index is 1.07. The van der Waals surface area contributed by atoms with Gasteiger partial charge in [-0.05, 0) is 12.8 Å². The Morgan fingerprint density at radius 1 is 0.308 bits per heavy atom. The summed E-state index contributed by atoms with van der Waals surface area (Å²) in [7, 11) is 0. The zero-order chi connectivity index (χ0) is 19.0. The highest BCUT2D eigenvalue weighted by Gasteiger charge is 1.94. The summed E-state index contributed by atoms with van der Waals surface area (Å²) in [5.74, 6) is 6.67. The Bertz CT molecular complexity index is 293. The molecule has 152 valence electrons. The fraction of sp³-hybridized carbons (Fsp3) is 0.846. The van der Waals surface area contributed by atoms with Crippen molar-refractivity contribution in [2.45, 2.75) is 141 Å². The first-order valence-electron chi connectivity index (χ1n) is 12.0. The molecule has 0 rings (SSSR count). The van der Waals surface area contributed by atoms with Crippen molar-refractivity contribution in [2.75, 3.05) is 0 Å². The summed E-state index contributed by atoms with van der Waals surface area (Å²) in [5, 5.41) is 0. The van der Waals surface area contributed by atoms with Crippen LogP contribution in [-0.4, -0.2) is 0 Å². The molecule has 0 nitrogen and oxygen atoms in total. The first-order chi connectivity index (χ1) is 12.9. The number of hydrogen-bond acceptors (Lipinski definition) is 0. The Kier molecular flexibility index (Phi) is 24.1. The van der Waals surface area contributed by atoms with E-state index in [4.69, 9.17) is 0 Å². The number of rotatable bonds is 20. The second-order valence-corrected chi connectivity index (χ2v) is 7.92. The first kappa shape index (κ1) is 25.6. The number of unbranched alkanes of at least 4 members (excludes halogenated alkanes) is 20. The summed E-state index contributed by atoms with van der Waals surface area (Å²) in [4.78, 5) is 0. The summed E-state index contributed by atoms with van der Waals surface area (Å²) >= 11 is 0. The molecular weight excluding hydrogens is 312 g/mol. The van der Waals surface area contributed by atoms with Gasteiger partial charge in [0, 0.05) is 12.8 Å². The molecule has 0 bridgehead atoms. The van der Waals surface area contributed by atoms with Gasteiger partial charge in [-0.2, -0.15) is 0 Å². The van der Waals surface area contributed by atoms with Crippen LogP contribution >= 0.6 is 0 Å². The molecule has 0 aromatic carbocycles. The maximum absolute atomic E-state index is 3.90. The van der Waals surface area contributed by atoms with E-state index in [1.807, 2.05) is 0 Å². The van der Waals surface area contributed by atoms with Gasteiger partial charge in [0.05, 0.1) is 0 Å². The highest BCUT2D eigenvalue weighted by Crippen LogP contribution is 2.13. The summed E-state index contributed by atoms with van der Waals surface area (Å²) < 4.78 is 0. The van der Waals surface area contributed by atoms with Crippen LogP contribution in [-0.2, 0) is 0 Å². The molecule has 0 aliphatic carbocycles. The van der Waals surface area contributed by atoms with Gasteiger partial charge in [0.25, 0.3) is 0 Å². The van der Waals surface area contributed by atoms with Gasteiger partial charge >= 0.3 is 0 Å². The predicted molar refractivity (Wildman–Crippen MR) is 120 cm³/mol. The Morgan fingerprint density at radius 2 is 0.538 bits per heavy atom. The quantitative estimate of drug-likeness (QED) is 0.150. The van der Waals surface area contributed by atoms with E-state index >= 15 is 0 Å². The number of hydrogen-bond donors (Lipinski definition) is 0. The Labute approximate surface area is 167 Å². The van der Waals surface area contributed by atoms with E-state index in [-0.39, 0.29) is 0 Å². The van der Waals surface area contributed by atoms with Gasteiger partial charge in [-0.3, -0.25) is 0 Å². The van der Waals surface area contributed by atoms with Gasteiger partial charge < -0.3 is 0 Å². The molecule has 2 radical (unpaired) electrons. The maximum Gasteiger partial charge on any atom is 0.00886 e. The smallest absolute Gasteiger partial charge is 0.00886 e. The maximum atomic E-state index is 3.90. The van der Waals surface area contributed by atoms with Crippen molar-refractivity contribution < 1.29 is 0 Å². The first-order valence-corrected chi connectivity index (χ1v) is 12.0. The van der Waals surface area contributed by atoms with Gasteiger partial charge in [0.2, 0.25) is 0 Å². The molecule has 0 N–H and O–H groups in total. The Morgan fingerprint density at radius 3 is 0.846 bits per heavy atom. The van der Waals surface area contributed by atoms with Crippen molar-refractivity contribution in [1.82, 2.24) is 0 Å². The lowest BCUT2D eigenvalue weighted by Gasteiger charge is -2.03. The van der Waals surface area contributed by atoms with E-state index < -0.39 is 0 Å². The van der Waals surface area contributed by atoms with E-state index in [0.29, 0.717) is 0 Å². The van der Waals surface area contributed by atoms with Crippen molar-refractivity contribution >= 4 is 0 Å². The fourth-order valence-electron chi connectivity index (χ4n) is 3.43. The summed E-state index contributed by atoms with van der Waals surface area (Å²) in [5.41, 5.74) is 0. The molecule has 0 amide bonds. The van der Waals surface area contributed by atoms with Crippen molar-refractivity contribution in [3.63, 3.8) is 0 Å². The molecule has 0 saturated carbocycles. The van der Waals surface area contributed by atoms with Crippen LogP contribution in [0.4, 0.5) is 0 Å². The third-order valence-corrected chi connectivity index (χ3v) is 5.23. The second kappa shape index (κ2) is 24.6. The molecule has 0 heteroatoms. The molecule has 0 saturated heterocycles. The van der Waals surface area contributed by atoms with Crippen LogP contribution in [0, 0.1) is 25.7 Å². The zero-order valence-electron chi connectivity index (χ0n) is 18.0. The largest absolute Gasteiger partial charge is 0.103 e. The van der Waals surface area contributed by atoms with Gasteiger partial charge in [-0.25, -0.2) is 0 Å². The predicted octanol–water partition coefficient (Wildman–Crippen LogP) is 9.24.